The fourth-order valence-electron chi connectivity index (χ4n) is 3.96. The van der Waals surface area contributed by atoms with E-state index in [1.807, 2.05) is 6.08 Å². The number of benzene rings is 1. The molecule has 0 spiro atoms. The molecule has 1 saturated heterocycles. The summed E-state index contributed by atoms with van der Waals surface area (Å²) in [4.78, 5) is 37.9. The van der Waals surface area contributed by atoms with Crippen LogP contribution < -0.4 is 14.8 Å². The van der Waals surface area contributed by atoms with E-state index in [9.17, 15) is 14.4 Å². The van der Waals surface area contributed by atoms with Crippen molar-refractivity contribution in [1.82, 2.24) is 5.32 Å². The average Bonchev–Trinajstić information content (AvgIpc) is 3.17. The molecule has 1 aliphatic carbocycles. The highest BCUT2D eigenvalue weighted by Crippen LogP contribution is 2.54. The molecule has 0 bridgehead atoms. The molecule has 130 valence electrons. The number of hydrogen-bond donors (Lipinski definition) is 1. The van der Waals surface area contributed by atoms with Crippen molar-refractivity contribution in [3.8, 4) is 11.5 Å². The summed E-state index contributed by atoms with van der Waals surface area (Å²) in [7, 11) is 0. The minimum atomic E-state index is -1.61. The first-order valence-corrected chi connectivity index (χ1v) is 8.14. The summed E-state index contributed by atoms with van der Waals surface area (Å²) >= 11 is 0. The molecule has 1 aromatic rings. The second kappa shape index (κ2) is 5.34. The number of allylic oxidation sites excluding steroid dienone is 1. The molecule has 2 heterocycles. The number of carbonyl (C=O) groups is 3. The number of ketones is 1. The normalized spacial score (nSPS) is 29.3. The van der Waals surface area contributed by atoms with Crippen molar-refractivity contribution in [3.63, 3.8) is 0 Å². The van der Waals surface area contributed by atoms with Gasteiger partial charge < -0.3 is 19.5 Å². The standard InChI is InChI=1S/C18H17NO6/c1-2-23-16(22)17-7-3-4-8-18(17,19-15(21)14(17)20)11-5-6-12-13(9-11)25-10-24-12/h3-6,9H,2,7-8,10H2,1H3,(H,19,21)/t17-,18+/m1/s1. The lowest BCUT2D eigenvalue weighted by Crippen LogP contribution is -2.56. The lowest BCUT2D eigenvalue weighted by Gasteiger charge is -2.43. The fourth-order valence-corrected chi connectivity index (χ4v) is 3.96. The van der Waals surface area contributed by atoms with Gasteiger partial charge >= 0.3 is 5.97 Å². The molecule has 2 aliphatic heterocycles. The van der Waals surface area contributed by atoms with Crippen LogP contribution in [0.4, 0.5) is 0 Å². The molecule has 4 rings (SSSR count). The molecule has 2 atom stereocenters. The van der Waals surface area contributed by atoms with Crippen LogP contribution in [0.15, 0.2) is 30.4 Å². The number of fused-ring (bicyclic) bond motifs is 2. The van der Waals surface area contributed by atoms with Gasteiger partial charge in [-0.3, -0.25) is 14.4 Å². The highest BCUT2D eigenvalue weighted by molar-refractivity contribution is 6.45. The number of rotatable bonds is 3. The maximum absolute atomic E-state index is 12.8. The Kier molecular flexibility index (Phi) is 3.35. The number of Topliss-reactive ketones (excluding diaryl/α,β-unsaturated/α-hetero) is 1. The van der Waals surface area contributed by atoms with Crippen molar-refractivity contribution in [2.75, 3.05) is 13.4 Å². The third-order valence-corrected chi connectivity index (χ3v) is 5.15. The lowest BCUT2D eigenvalue weighted by molar-refractivity contribution is -0.164. The minimum Gasteiger partial charge on any atom is -0.465 e. The highest BCUT2D eigenvalue weighted by atomic mass is 16.7. The molecule has 7 nitrogen and oxygen atoms in total. The first kappa shape index (κ1) is 15.7. The number of hydrogen-bond acceptors (Lipinski definition) is 6. The summed E-state index contributed by atoms with van der Waals surface area (Å²) in [5.41, 5.74) is -2.18. The molecule has 0 unspecified atom stereocenters. The van der Waals surface area contributed by atoms with Crippen LogP contribution in [0.25, 0.3) is 0 Å². The van der Waals surface area contributed by atoms with E-state index in [-0.39, 0.29) is 19.8 Å². The van der Waals surface area contributed by atoms with Crippen LogP contribution in [-0.2, 0) is 24.7 Å². The predicted molar refractivity (Wildman–Crippen MR) is 84.8 cm³/mol. The monoisotopic (exact) mass is 343 g/mol. The maximum Gasteiger partial charge on any atom is 0.323 e. The summed E-state index contributed by atoms with van der Waals surface area (Å²) < 4.78 is 15.9. The molecule has 0 aromatic heterocycles. The Morgan fingerprint density at radius 1 is 1.20 bits per heavy atom. The molecule has 25 heavy (non-hydrogen) atoms. The molecule has 1 amide bonds. The Balaban J connectivity index is 1.92. The number of ether oxygens (including phenoxy) is 3. The Morgan fingerprint density at radius 3 is 2.76 bits per heavy atom. The van der Waals surface area contributed by atoms with E-state index in [1.165, 1.54) is 0 Å². The summed E-state index contributed by atoms with van der Waals surface area (Å²) in [5.74, 6) is -1.10. The molecule has 1 aromatic carbocycles. The number of carbonyl (C=O) groups excluding carboxylic acids is 3. The van der Waals surface area contributed by atoms with Gasteiger partial charge in [0, 0.05) is 0 Å². The van der Waals surface area contributed by atoms with Gasteiger partial charge in [-0.05, 0) is 37.5 Å². The van der Waals surface area contributed by atoms with Gasteiger partial charge in [0.2, 0.25) is 12.6 Å². The van der Waals surface area contributed by atoms with Crippen molar-refractivity contribution < 1.29 is 28.6 Å². The largest absolute Gasteiger partial charge is 0.465 e. The second-order valence-corrected chi connectivity index (χ2v) is 6.26. The van der Waals surface area contributed by atoms with Crippen LogP contribution >= 0.6 is 0 Å². The average molecular weight is 343 g/mol. The van der Waals surface area contributed by atoms with Crippen molar-refractivity contribution in [2.45, 2.75) is 25.3 Å². The molecule has 7 heteroatoms. The summed E-state index contributed by atoms with van der Waals surface area (Å²) in [5, 5.41) is 2.77. The van der Waals surface area contributed by atoms with Gasteiger partial charge in [0.05, 0.1) is 12.1 Å². The third kappa shape index (κ3) is 1.89. The fraction of sp³-hybridized carbons (Fsp3) is 0.389. The van der Waals surface area contributed by atoms with Gasteiger partial charge in [-0.25, -0.2) is 0 Å². The molecular formula is C18H17NO6. The van der Waals surface area contributed by atoms with E-state index in [0.29, 0.717) is 23.5 Å². The zero-order chi connectivity index (χ0) is 17.7. The van der Waals surface area contributed by atoms with Crippen molar-refractivity contribution >= 4 is 17.7 Å². The summed E-state index contributed by atoms with van der Waals surface area (Å²) in [6, 6.07) is 5.18. The Hall–Kier alpha value is -2.83. The Morgan fingerprint density at radius 2 is 1.96 bits per heavy atom. The predicted octanol–water partition coefficient (Wildman–Crippen LogP) is 1.21. The smallest absolute Gasteiger partial charge is 0.323 e. The quantitative estimate of drug-likeness (QED) is 0.384. The van der Waals surface area contributed by atoms with Crippen molar-refractivity contribution in [2.24, 2.45) is 5.41 Å². The van der Waals surface area contributed by atoms with Gasteiger partial charge in [-0.1, -0.05) is 18.2 Å². The first-order valence-electron chi connectivity index (χ1n) is 8.14. The van der Waals surface area contributed by atoms with Crippen LogP contribution in [0.2, 0.25) is 0 Å². The summed E-state index contributed by atoms with van der Waals surface area (Å²) in [6.07, 6.45) is 4.03. The lowest BCUT2D eigenvalue weighted by atomic mass is 9.60. The Labute approximate surface area is 143 Å². The van der Waals surface area contributed by atoms with Gasteiger partial charge in [-0.15, -0.1) is 0 Å². The summed E-state index contributed by atoms with van der Waals surface area (Å²) in [6.45, 7) is 1.91. The van der Waals surface area contributed by atoms with Crippen LogP contribution in [0.1, 0.15) is 25.3 Å². The third-order valence-electron chi connectivity index (χ3n) is 5.15. The minimum absolute atomic E-state index is 0.109. The first-order chi connectivity index (χ1) is 12.0. The molecule has 0 radical (unpaired) electrons. The molecule has 1 fully saturated rings. The topological polar surface area (TPSA) is 90.9 Å². The van der Waals surface area contributed by atoms with E-state index in [2.05, 4.69) is 5.32 Å². The van der Waals surface area contributed by atoms with E-state index >= 15 is 0 Å². The van der Waals surface area contributed by atoms with Crippen LogP contribution in [0, 0.1) is 5.41 Å². The molecular weight excluding hydrogens is 326 g/mol. The zero-order valence-electron chi connectivity index (χ0n) is 13.7. The molecule has 3 aliphatic rings. The number of esters is 1. The van der Waals surface area contributed by atoms with E-state index < -0.39 is 28.6 Å². The van der Waals surface area contributed by atoms with Crippen LogP contribution in [0.5, 0.6) is 11.5 Å². The van der Waals surface area contributed by atoms with E-state index in [4.69, 9.17) is 14.2 Å². The molecule has 1 N–H and O–H groups in total. The van der Waals surface area contributed by atoms with Crippen molar-refractivity contribution in [1.29, 1.82) is 0 Å². The second-order valence-electron chi connectivity index (χ2n) is 6.26. The SMILES string of the molecule is CCOC(=O)[C@]12CC=CC[C@@]1(c1ccc3c(c1)OCO3)NC(=O)C2=O. The van der Waals surface area contributed by atoms with Crippen LogP contribution in [-0.4, -0.2) is 31.1 Å². The maximum atomic E-state index is 12.8. The van der Waals surface area contributed by atoms with Gasteiger partial charge in [0.15, 0.2) is 16.9 Å². The highest BCUT2D eigenvalue weighted by Gasteiger charge is 2.70. The van der Waals surface area contributed by atoms with Gasteiger partial charge in [0.1, 0.15) is 0 Å². The number of amides is 1. The van der Waals surface area contributed by atoms with Crippen molar-refractivity contribution in [3.05, 3.63) is 35.9 Å². The van der Waals surface area contributed by atoms with Gasteiger partial charge in [-0.2, -0.15) is 0 Å². The van der Waals surface area contributed by atoms with E-state index in [0.717, 1.165) is 0 Å². The van der Waals surface area contributed by atoms with Gasteiger partial charge in [0.25, 0.3) is 5.91 Å². The zero-order valence-corrected chi connectivity index (χ0v) is 13.7. The molecule has 0 saturated carbocycles. The number of nitrogens with one attached hydrogen (secondary N) is 1. The van der Waals surface area contributed by atoms with Crippen LogP contribution in [0.3, 0.4) is 0 Å². The Bertz CT molecular complexity index is 816. The van der Waals surface area contributed by atoms with E-state index in [1.54, 1.807) is 31.2 Å².